The van der Waals surface area contributed by atoms with Crippen molar-refractivity contribution in [3.63, 3.8) is 0 Å². The molecule has 35 heavy (non-hydrogen) atoms. The summed E-state index contributed by atoms with van der Waals surface area (Å²) in [7, 11) is -0.585. The highest BCUT2D eigenvalue weighted by molar-refractivity contribution is 7.89. The Morgan fingerprint density at radius 3 is 1.94 bits per heavy atom. The van der Waals surface area contributed by atoms with E-state index in [1.165, 1.54) is 23.5 Å². The van der Waals surface area contributed by atoms with Crippen molar-refractivity contribution in [3.8, 4) is 11.5 Å². The monoisotopic (exact) mass is 501 g/mol. The van der Waals surface area contributed by atoms with Crippen LogP contribution in [0.2, 0.25) is 0 Å². The van der Waals surface area contributed by atoms with Crippen LogP contribution in [0.4, 0.5) is 0 Å². The Kier molecular flexibility index (Phi) is 7.61. The summed E-state index contributed by atoms with van der Waals surface area (Å²) < 4.78 is 37.9. The quantitative estimate of drug-likeness (QED) is 0.545. The van der Waals surface area contributed by atoms with Crippen LogP contribution < -0.4 is 20.1 Å². The van der Waals surface area contributed by atoms with Crippen LogP contribution in [-0.2, 0) is 14.8 Å². The van der Waals surface area contributed by atoms with E-state index in [1.807, 2.05) is 0 Å². The molecule has 1 saturated heterocycles. The number of carbonyl (C=O) groups excluding carboxylic acids is 2. The van der Waals surface area contributed by atoms with Crippen molar-refractivity contribution < 1.29 is 27.5 Å². The molecule has 2 amide bonds. The number of hydrogen-bond donors (Lipinski definition) is 2. The number of hydrogen-bond acceptors (Lipinski definition) is 6. The molecule has 2 fully saturated rings. The Bertz CT molecular complexity index is 1140. The number of ether oxygens (including phenoxy) is 2. The van der Waals surface area contributed by atoms with E-state index < -0.39 is 16.1 Å². The first kappa shape index (κ1) is 25.0. The third-order valence-corrected chi connectivity index (χ3v) is 8.43. The van der Waals surface area contributed by atoms with E-state index in [9.17, 15) is 18.0 Å². The molecule has 2 aliphatic rings. The summed E-state index contributed by atoms with van der Waals surface area (Å²) in [6.07, 6.45) is 2.79. The minimum Gasteiger partial charge on any atom is -0.497 e. The predicted octanol–water partition coefficient (Wildman–Crippen LogP) is 2.18. The van der Waals surface area contributed by atoms with Gasteiger partial charge in [0.15, 0.2) is 0 Å². The number of piperidine rings is 1. The highest BCUT2D eigenvalue weighted by atomic mass is 32.2. The van der Waals surface area contributed by atoms with E-state index in [1.54, 1.807) is 43.5 Å². The number of carbonyl (C=O) groups is 2. The van der Waals surface area contributed by atoms with Crippen LogP contribution in [0, 0.1) is 5.92 Å². The molecule has 1 atom stereocenters. The zero-order valence-corrected chi connectivity index (χ0v) is 20.7. The van der Waals surface area contributed by atoms with E-state index in [0.29, 0.717) is 29.9 Å². The molecule has 0 spiro atoms. The molecule has 0 aromatic heterocycles. The van der Waals surface area contributed by atoms with Gasteiger partial charge in [-0.3, -0.25) is 9.59 Å². The maximum absolute atomic E-state index is 13.1. The van der Waals surface area contributed by atoms with E-state index >= 15 is 0 Å². The van der Waals surface area contributed by atoms with Crippen LogP contribution >= 0.6 is 0 Å². The first-order chi connectivity index (χ1) is 16.8. The van der Waals surface area contributed by atoms with Gasteiger partial charge in [-0.25, -0.2) is 8.42 Å². The highest BCUT2D eigenvalue weighted by Gasteiger charge is 2.38. The highest BCUT2D eigenvalue weighted by Crippen LogP contribution is 2.28. The number of methoxy groups -OCH3 is 2. The molecule has 1 saturated carbocycles. The largest absolute Gasteiger partial charge is 0.497 e. The molecule has 9 nitrogen and oxygen atoms in total. The van der Waals surface area contributed by atoms with Crippen molar-refractivity contribution in [1.82, 2.24) is 14.9 Å². The summed E-state index contributed by atoms with van der Waals surface area (Å²) in [5.74, 6) is 0.468. The fraction of sp³-hybridized carbons (Fsp3) is 0.440. The Labute approximate surface area is 205 Å². The van der Waals surface area contributed by atoms with Gasteiger partial charge in [0.05, 0.1) is 19.1 Å². The predicted molar refractivity (Wildman–Crippen MR) is 130 cm³/mol. The number of benzene rings is 2. The van der Waals surface area contributed by atoms with Gasteiger partial charge in [0.25, 0.3) is 5.91 Å². The molecule has 1 aliphatic heterocycles. The Hall–Kier alpha value is -3.11. The van der Waals surface area contributed by atoms with E-state index in [2.05, 4.69) is 10.6 Å². The molecule has 1 unspecified atom stereocenters. The average molecular weight is 502 g/mol. The molecule has 0 bridgehead atoms. The molecule has 10 heteroatoms. The molecule has 1 heterocycles. The molecule has 188 valence electrons. The molecule has 2 aromatic rings. The second-order valence-electron chi connectivity index (χ2n) is 8.88. The van der Waals surface area contributed by atoms with Crippen molar-refractivity contribution in [2.24, 2.45) is 5.92 Å². The number of rotatable bonds is 9. The Balaban J connectivity index is 1.44. The average Bonchev–Trinajstić information content (AvgIpc) is 3.71. The van der Waals surface area contributed by atoms with Gasteiger partial charge in [-0.1, -0.05) is 0 Å². The van der Waals surface area contributed by atoms with Gasteiger partial charge in [-0.05, 0) is 80.1 Å². The molecule has 2 N–H and O–H groups in total. The van der Waals surface area contributed by atoms with Crippen LogP contribution in [0.3, 0.4) is 0 Å². The third kappa shape index (κ3) is 5.94. The zero-order chi connectivity index (χ0) is 25.0. The van der Waals surface area contributed by atoms with Gasteiger partial charge >= 0.3 is 0 Å². The molecular formula is C25H31N3O6S. The van der Waals surface area contributed by atoms with Crippen molar-refractivity contribution in [3.05, 3.63) is 54.1 Å². The summed E-state index contributed by atoms with van der Waals surface area (Å²) in [6, 6.07) is 12.4. The number of amides is 2. The van der Waals surface area contributed by atoms with Gasteiger partial charge in [-0.15, -0.1) is 0 Å². The van der Waals surface area contributed by atoms with Crippen molar-refractivity contribution >= 4 is 21.8 Å². The molecule has 2 aromatic carbocycles. The van der Waals surface area contributed by atoms with Crippen LogP contribution in [0.15, 0.2) is 53.4 Å². The minimum absolute atomic E-state index is 0.151. The first-order valence-electron chi connectivity index (χ1n) is 11.7. The molecule has 0 radical (unpaired) electrons. The van der Waals surface area contributed by atoms with E-state index in [-0.39, 0.29) is 41.8 Å². The van der Waals surface area contributed by atoms with Gasteiger partial charge in [0, 0.05) is 24.7 Å². The molecule has 4 rings (SSSR count). The number of sulfonamides is 1. The summed E-state index contributed by atoms with van der Waals surface area (Å²) >= 11 is 0. The Morgan fingerprint density at radius 2 is 1.43 bits per heavy atom. The van der Waals surface area contributed by atoms with Crippen LogP contribution in [0.5, 0.6) is 11.5 Å². The summed E-state index contributed by atoms with van der Waals surface area (Å²) in [5, 5.41) is 5.88. The number of nitrogens with one attached hydrogen (secondary N) is 2. The smallest absolute Gasteiger partial charge is 0.251 e. The zero-order valence-electron chi connectivity index (χ0n) is 19.9. The second-order valence-corrected chi connectivity index (χ2v) is 10.8. The standard InChI is InChI=1S/C25H31N3O6S/c1-33-20-7-3-18(4-8-20)24(29)27-23(25(30)26-19-5-6-19)17-13-15-28(16-14-17)35(31,32)22-11-9-21(34-2)10-12-22/h3-4,7-12,17,19,23H,5-6,13-16H2,1-2H3,(H,26,30)(H,27,29). The summed E-state index contributed by atoms with van der Waals surface area (Å²) in [6.45, 7) is 0.537. The lowest BCUT2D eigenvalue weighted by molar-refractivity contribution is -0.124. The summed E-state index contributed by atoms with van der Waals surface area (Å²) in [4.78, 5) is 26.1. The van der Waals surface area contributed by atoms with E-state index in [4.69, 9.17) is 9.47 Å². The molecular weight excluding hydrogens is 470 g/mol. The maximum Gasteiger partial charge on any atom is 0.251 e. The number of nitrogens with zero attached hydrogens (tertiary/aromatic N) is 1. The van der Waals surface area contributed by atoms with Crippen molar-refractivity contribution in [2.45, 2.75) is 42.7 Å². The van der Waals surface area contributed by atoms with E-state index in [0.717, 1.165) is 12.8 Å². The third-order valence-electron chi connectivity index (χ3n) is 6.51. The van der Waals surface area contributed by atoms with Crippen LogP contribution in [0.25, 0.3) is 0 Å². The second kappa shape index (κ2) is 10.7. The molecule has 1 aliphatic carbocycles. The van der Waals surface area contributed by atoms with Crippen LogP contribution in [0.1, 0.15) is 36.0 Å². The summed E-state index contributed by atoms with van der Waals surface area (Å²) in [5.41, 5.74) is 0.426. The first-order valence-corrected chi connectivity index (χ1v) is 13.2. The van der Waals surface area contributed by atoms with Gasteiger partial charge in [0.1, 0.15) is 17.5 Å². The topological polar surface area (TPSA) is 114 Å². The van der Waals surface area contributed by atoms with Gasteiger partial charge in [-0.2, -0.15) is 4.31 Å². The van der Waals surface area contributed by atoms with Gasteiger partial charge in [0.2, 0.25) is 15.9 Å². The fourth-order valence-corrected chi connectivity index (χ4v) is 5.70. The van der Waals surface area contributed by atoms with Crippen molar-refractivity contribution in [2.75, 3.05) is 27.3 Å². The maximum atomic E-state index is 13.1. The van der Waals surface area contributed by atoms with Crippen LogP contribution in [-0.4, -0.2) is 63.9 Å². The lowest BCUT2D eigenvalue weighted by Gasteiger charge is -2.35. The lowest BCUT2D eigenvalue weighted by Crippen LogP contribution is -2.54. The normalized spacial score (nSPS) is 17.9. The SMILES string of the molecule is COc1ccc(C(=O)NC(C(=O)NC2CC2)C2CCN(S(=O)(=O)c3ccc(OC)cc3)CC2)cc1. The Morgan fingerprint density at radius 1 is 0.886 bits per heavy atom. The van der Waals surface area contributed by atoms with Gasteiger partial charge < -0.3 is 20.1 Å². The fourth-order valence-electron chi connectivity index (χ4n) is 4.23. The van der Waals surface area contributed by atoms with Crippen molar-refractivity contribution in [1.29, 1.82) is 0 Å². The lowest BCUT2D eigenvalue weighted by atomic mass is 9.89. The minimum atomic E-state index is -3.66.